The number of hydrogen-bond donors (Lipinski definition) is 1. The molecule has 0 radical (unpaired) electrons. The van der Waals surface area contributed by atoms with Crippen LogP contribution in [0.5, 0.6) is 5.75 Å². The minimum atomic E-state index is -0.353. The average molecular weight is 429 g/mol. The van der Waals surface area contributed by atoms with Gasteiger partial charge in [-0.05, 0) is 29.0 Å². The number of benzene rings is 3. The van der Waals surface area contributed by atoms with Gasteiger partial charge in [0.25, 0.3) is 0 Å². The number of halogens is 2. The number of rotatable bonds is 8. The Morgan fingerprint density at radius 1 is 1.00 bits per heavy atom. The van der Waals surface area contributed by atoms with Crippen molar-refractivity contribution in [2.24, 2.45) is 0 Å². The third kappa shape index (κ3) is 5.10. The van der Waals surface area contributed by atoms with Crippen molar-refractivity contribution < 1.29 is 13.9 Å². The van der Waals surface area contributed by atoms with Crippen LogP contribution in [-0.4, -0.2) is 44.3 Å². The van der Waals surface area contributed by atoms with Crippen molar-refractivity contribution in [3.63, 3.8) is 0 Å². The molecule has 3 aromatic carbocycles. The summed E-state index contributed by atoms with van der Waals surface area (Å²) in [5.41, 5.74) is 1.45. The van der Waals surface area contributed by atoms with Crippen LogP contribution in [0.4, 0.5) is 4.39 Å². The van der Waals surface area contributed by atoms with Crippen LogP contribution >= 0.6 is 11.6 Å². The van der Waals surface area contributed by atoms with Crippen molar-refractivity contribution >= 4 is 22.4 Å². The summed E-state index contributed by atoms with van der Waals surface area (Å²) < 4.78 is 25.6. The number of ether oxygens (including phenoxy) is 2. The molecular weight excluding hydrogens is 403 g/mol. The van der Waals surface area contributed by atoms with E-state index in [1.54, 1.807) is 12.1 Å². The first kappa shape index (κ1) is 21.1. The van der Waals surface area contributed by atoms with E-state index in [9.17, 15) is 4.39 Å². The fourth-order valence-electron chi connectivity index (χ4n) is 3.73. The highest BCUT2D eigenvalue weighted by Gasteiger charge is 2.13. The molecule has 1 saturated heterocycles. The zero-order chi connectivity index (χ0) is 20.8. The summed E-state index contributed by atoms with van der Waals surface area (Å²) in [7, 11) is 0. The van der Waals surface area contributed by atoms with Gasteiger partial charge in [0.05, 0.1) is 18.2 Å². The minimum Gasteiger partial charge on any atom is -0.488 e. The molecule has 0 bridgehead atoms. The molecule has 6 heteroatoms. The van der Waals surface area contributed by atoms with Crippen molar-refractivity contribution in [2.75, 3.05) is 39.4 Å². The quantitative estimate of drug-likeness (QED) is 0.530. The van der Waals surface area contributed by atoms with E-state index in [2.05, 4.69) is 22.3 Å². The third-order valence-corrected chi connectivity index (χ3v) is 5.80. The summed E-state index contributed by atoms with van der Waals surface area (Å²) in [6, 6.07) is 16.9. The van der Waals surface area contributed by atoms with Crippen LogP contribution in [0.1, 0.15) is 11.1 Å². The molecule has 1 aliphatic rings. The molecular formula is C24H26ClFN2O2. The van der Waals surface area contributed by atoms with Crippen LogP contribution in [-0.2, 0) is 17.9 Å². The molecule has 4 nitrogen and oxygen atoms in total. The first-order valence-corrected chi connectivity index (χ1v) is 10.7. The van der Waals surface area contributed by atoms with Crippen LogP contribution < -0.4 is 10.1 Å². The Hall–Kier alpha value is -2.18. The summed E-state index contributed by atoms with van der Waals surface area (Å²) in [6.07, 6.45) is 0. The molecule has 1 N–H and O–H groups in total. The molecule has 3 aromatic rings. The summed E-state index contributed by atoms with van der Waals surface area (Å²) in [4.78, 5) is 2.40. The Kier molecular flexibility index (Phi) is 7.18. The second kappa shape index (κ2) is 10.2. The molecule has 1 heterocycles. The average Bonchev–Trinajstić information content (AvgIpc) is 2.77. The van der Waals surface area contributed by atoms with Crippen LogP contribution in [0, 0.1) is 5.82 Å². The van der Waals surface area contributed by atoms with E-state index in [1.165, 1.54) is 6.07 Å². The van der Waals surface area contributed by atoms with Gasteiger partial charge in [-0.2, -0.15) is 0 Å². The van der Waals surface area contributed by atoms with Crippen molar-refractivity contribution in [3.8, 4) is 5.75 Å². The normalized spacial score (nSPS) is 14.9. The number of nitrogens with zero attached hydrogens (tertiary/aromatic N) is 1. The molecule has 4 rings (SSSR count). The molecule has 0 atom stereocenters. The van der Waals surface area contributed by atoms with E-state index in [4.69, 9.17) is 21.1 Å². The smallest absolute Gasteiger partial charge is 0.131 e. The van der Waals surface area contributed by atoms with Gasteiger partial charge in [-0.25, -0.2) is 4.39 Å². The van der Waals surface area contributed by atoms with Gasteiger partial charge in [0.15, 0.2) is 0 Å². The molecule has 1 aliphatic heterocycles. The Morgan fingerprint density at radius 2 is 1.83 bits per heavy atom. The molecule has 0 spiro atoms. The first-order chi connectivity index (χ1) is 14.7. The number of nitrogens with one attached hydrogen (secondary N) is 1. The molecule has 30 heavy (non-hydrogen) atoms. The van der Waals surface area contributed by atoms with Gasteiger partial charge in [-0.1, -0.05) is 48.0 Å². The van der Waals surface area contributed by atoms with Gasteiger partial charge in [-0.3, -0.25) is 4.90 Å². The number of morpholine rings is 1. The maximum Gasteiger partial charge on any atom is 0.131 e. The number of hydrogen-bond acceptors (Lipinski definition) is 4. The number of fused-ring (bicyclic) bond motifs is 1. The fourth-order valence-corrected chi connectivity index (χ4v) is 3.95. The molecule has 0 unspecified atom stereocenters. The SMILES string of the molecule is Fc1cccc(Cl)c1COc1ccc2ccccc2c1CNCCN1CCOCC1. The maximum atomic E-state index is 14.1. The Bertz CT molecular complexity index is 972. The van der Waals surface area contributed by atoms with E-state index in [1.807, 2.05) is 24.3 Å². The maximum absolute atomic E-state index is 14.1. The van der Waals surface area contributed by atoms with Gasteiger partial charge in [-0.15, -0.1) is 0 Å². The minimum absolute atomic E-state index is 0.0879. The van der Waals surface area contributed by atoms with Crippen molar-refractivity contribution in [1.82, 2.24) is 10.2 Å². The summed E-state index contributed by atoms with van der Waals surface area (Å²) in [5, 5.41) is 6.20. The summed E-state index contributed by atoms with van der Waals surface area (Å²) in [5.74, 6) is 0.389. The first-order valence-electron chi connectivity index (χ1n) is 10.3. The summed E-state index contributed by atoms with van der Waals surface area (Å²) >= 11 is 6.16. The lowest BCUT2D eigenvalue weighted by Gasteiger charge is -2.26. The van der Waals surface area contributed by atoms with Crippen molar-refractivity contribution in [3.05, 3.63) is 76.6 Å². The van der Waals surface area contributed by atoms with Crippen molar-refractivity contribution in [2.45, 2.75) is 13.2 Å². The van der Waals surface area contributed by atoms with Crippen LogP contribution in [0.15, 0.2) is 54.6 Å². The van der Waals surface area contributed by atoms with Gasteiger partial charge < -0.3 is 14.8 Å². The van der Waals surface area contributed by atoms with Gasteiger partial charge in [0.2, 0.25) is 0 Å². The molecule has 0 amide bonds. The largest absolute Gasteiger partial charge is 0.488 e. The molecule has 1 fully saturated rings. The van der Waals surface area contributed by atoms with Crippen molar-refractivity contribution in [1.29, 1.82) is 0 Å². The standard InChI is InChI=1S/C24H26ClFN2O2/c25-22-6-3-7-23(26)21(22)17-30-24-9-8-18-4-1-2-5-19(18)20(24)16-27-10-11-28-12-14-29-15-13-28/h1-9,27H,10-17H2. The fraction of sp³-hybridized carbons (Fsp3) is 0.333. The third-order valence-electron chi connectivity index (χ3n) is 5.44. The zero-order valence-electron chi connectivity index (χ0n) is 16.9. The van der Waals surface area contributed by atoms with E-state index in [-0.39, 0.29) is 12.4 Å². The zero-order valence-corrected chi connectivity index (χ0v) is 17.6. The Morgan fingerprint density at radius 3 is 2.67 bits per heavy atom. The van der Waals surface area contributed by atoms with Gasteiger partial charge in [0.1, 0.15) is 18.2 Å². The highest BCUT2D eigenvalue weighted by molar-refractivity contribution is 6.31. The lowest BCUT2D eigenvalue weighted by Crippen LogP contribution is -2.40. The van der Waals surface area contributed by atoms with Gasteiger partial charge >= 0.3 is 0 Å². The Labute approximate surface area is 181 Å². The molecule has 0 saturated carbocycles. The van der Waals surface area contributed by atoms with Crippen LogP contribution in [0.25, 0.3) is 10.8 Å². The predicted octanol–water partition coefficient (Wildman–Crippen LogP) is 4.63. The van der Waals surface area contributed by atoms with Gasteiger partial charge in [0, 0.05) is 43.9 Å². The lowest BCUT2D eigenvalue weighted by molar-refractivity contribution is 0.0384. The summed E-state index contributed by atoms with van der Waals surface area (Å²) in [6.45, 7) is 6.19. The van der Waals surface area contributed by atoms with E-state index < -0.39 is 0 Å². The van der Waals surface area contributed by atoms with E-state index in [0.29, 0.717) is 17.1 Å². The topological polar surface area (TPSA) is 33.7 Å². The lowest BCUT2D eigenvalue weighted by atomic mass is 10.0. The van der Waals surface area contributed by atoms with Crippen LogP contribution in [0.3, 0.4) is 0 Å². The highest BCUT2D eigenvalue weighted by atomic mass is 35.5. The second-order valence-corrected chi connectivity index (χ2v) is 7.79. The molecule has 0 aromatic heterocycles. The molecule has 0 aliphatic carbocycles. The van der Waals surface area contributed by atoms with E-state index in [0.717, 1.165) is 61.5 Å². The van der Waals surface area contributed by atoms with E-state index >= 15 is 0 Å². The Balaban J connectivity index is 1.48. The van der Waals surface area contributed by atoms with Crippen LogP contribution in [0.2, 0.25) is 5.02 Å². The molecule has 158 valence electrons. The predicted molar refractivity (Wildman–Crippen MR) is 119 cm³/mol. The monoisotopic (exact) mass is 428 g/mol. The highest BCUT2D eigenvalue weighted by Crippen LogP contribution is 2.30. The second-order valence-electron chi connectivity index (χ2n) is 7.38.